The lowest BCUT2D eigenvalue weighted by Gasteiger charge is -2.49. The fourth-order valence-electron chi connectivity index (χ4n) is 3.53. The van der Waals surface area contributed by atoms with Crippen LogP contribution in [0.15, 0.2) is 18.2 Å². The lowest BCUT2D eigenvalue weighted by Crippen LogP contribution is -2.59. The van der Waals surface area contributed by atoms with E-state index in [1.54, 1.807) is 11.8 Å². The van der Waals surface area contributed by atoms with Gasteiger partial charge in [-0.05, 0) is 38.0 Å². The Morgan fingerprint density at radius 2 is 2.08 bits per heavy atom. The molecular weight excluding hydrogens is 337 g/mol. The number of amides is 1. The van der Waals surface area contributed by atoms with Crippen LogP contribution in [-0.2, 0) is 4.74 Å². The van der Waals surface area contributed by atoms with Gasteiger partial charge in [-0.2, -0.15) is 0 Å². The van der Waals surface area contributed by atoms with Crippen molar-refractivity contribution < 1.29 is 24.1 Å². The van der Waals surface area contributed by atoms with Gasteiger partial charge in [-0.25, -0.2) is 4.39 Å². The van der Waals surface area contributed by atoms with Crippen molar-refractivity contribution in [2.24, 2.45) is 0 Å². The highest BCUT2D eigenvalue weighted by atomic mass is 35.5. The first-order chi connectivity index (χ1) is 11.2. The van der Waals surface area contributed by atoms with E-state index < -0.39 is 23.1 Å². The van der Waals surface area contributed by atoms with Gasteiger partial charge in [0.1, 0.15) is 11.9 Å². The van der Waals surface area contributed by atoms with Crippen molar-refractivity contribution in [1.82, 2.24) is 4.90 Å². The summed E-state index contributed by atoms with van der Waals surface area (Å²) in [6.07, 6.45) is 0.515. The summed E-state index contributed by atoms with van der Waals surface area (Å²) in [5, 5.41) is 20.3. The van der Waals surface area contributed by atoms with E-state index >= 15 is 0 Å². The molecule has 2 aliphatic heterocycles. The summed E-state index contributed by atoms with van der Waals surface area (Å²) in [4.78, 5) is 14.2. The second-order valence-corrected chi connectivity index (χ2v) is 7.37. The number of hydrogen-bond donors (Lipinski definition) is 2. The number of halogens is 2. The van der Waals surface area contributed by atoms with Crippen molar-refractivity contribution in [3.05, 3.63) is 34.6 Å². The number of nitrogens with zero attached hydrogens (tertiary/aromatic N) is 1. The fraction of sp³-hybridized carbons (Fsp3) is 0.588. The van der Waals surface area contributed by atoms with E-state index in [1.165, 1.54) is 12.1 Å². The van der Waals surface area contributed by atoms with E-state index in [1.807, 2.05) is 0 Å². The Hall–Kier alpha value is -1.21. The minimum atomic E-state index is -1.20. The van der Waals surface area contributed by atoms with Crippen molar-refractivity contribution in [1.29, 1.82) is 0 Å². The zero-order chi connectivity index (χ0) is 17.5. The molecule has 2 N–H and O–H groups in total. The normalized spacial score (nSPS) is 29.7. The molecule has 0 bridgehead atoms. The molecule has 3 rings (SSSR count). The average molecular weight is 358 g/mol. The summed E-state index contributed by atoms with van der Waals surface area (Å²) in [6, 6.07) is 3.74. The van der Waals surface area contributed by atoms with Gasteiger partial charge in [0.15, 0.2) is 0 Å². The average Bonchev–Trinajstić information content (AvgIpc) is 2.53. The molecule has 2 atom stereocenters. The summed E-state index contributed by atoms with van der Waals surface area (Å²) in [5.41, 5.74) is -1.58. The van der Waals surface area contributed by atoms with Crippen molar-refractivity contribution in [2.45, 2.75) is 43.5 Å². The summed E-state index contributed by atoms with van der Waals surface area (Å²) in [5.74, 6) is -0.811. The van der Waals surface area contributed by atoms with E-state index in [9.17, 15) is 19.4 Å². The molecule has 2 aliphatic rings. The zero-order valence-corrected chi connectivity index (χ0v) is 14.2. The van der Waals surface area contributed by atoms with Gasteiger partial charge in [-0.15, -0.1) is 0 Å². The number of aliphatic hydroxyl groups is 2. The standard InChI is InChI=1S/C17H21ClFNO4/c1-16(23)10-17(24-9-14(16)21)4-6-20(7-5-17)15(22)12-8-11(19)2-3-13(12)18/h2-3,8,14,21,23H,4-7,9-10H2,1H3/t14-,16-/m0/s1. The van der Waals surface area contributed by atoms with Crippen molar-refractivity contribution in [2.75, 3.05) is 19.7 Å². The monoisotopic (exact) mass is 357 g/mol. The molecule has 24 heavy (non-hydrogen) atoms. The third-order valence-corrected chi connectivity index (χ3v) is 5.40. The van der Waals surface area contributed by atoms with Gasteiger partial charge in [0, 0.05) is 19.5 Å². The molecule has 1 spiro atoms. The number of ether oxygens (including phenoxy) is 1. The van der Waals surface area contributed by atoms with Crippen LogP contribution < -0.4 is 0 Å². The number of benzene rings is 1. The summed E-state index contributed by atoms with van der Waals surface area (Å²) in [7, 11) is 0. The Morgan fingerprint density at radius 3 is 2.71 bits per heavy atom. The van der Waals surface area contributed by atoms with Gasteiger partial charge in [0.2, 0.25) is 0 Å². The number of hydrogen-bond acceptors (Lipinski definition) is 4. The van der Waals surface area contributed by atoms with Gasteiger partial charge < -0.3 is 19.8 Å². The number of aliphatic hydroxyl groups excluding tert-OH is 1. The van der Waals surface area contributed by atoms with Crippen LogP contribution in [0, 0.1) is 5.82 Å². The van der Waals surface area contributed by atoms with Crippen LogP contribution in [0.25, 0.3) is 0 Å². The Balaban J connectivity index is 1.69. The maximum absolute atomic E-state index is 13.4. The Bertz CT molecular complexity index is 643. The Kier molecular flexibility index (Phi) is 4.59. The second kappa shape index (κ2) is 6.26. The summed E-state index contributed by atoms with van der Waals surface area (Å²) in [6.45, 7) is 2.54. The number of piperidine rings is 1. The van der Waals surface area contributed by atoms with Gasteiger partial charge >= 0.3 is 0 Å². The summed E-state index contributed by atoms with van der Waals surface area (Å²) >= 11 is 6.01. The molecule has 1 aromatic rings. The summed E-state index contributed by atoms with van der Waals surface area (Å²) < 4.78 is 19.2. The molecule has 0 unspecified atom stereocenters. The first kappa shape index (κ1) is 17.6. The molecule has 0 radical (unpaired) electrons. The third-order valence-electron chi connectivity index (χ3n) is 5.07. The SMILES string of the molecule is C[C@]1(O)CC2(CCN(C(=O)c3cc(F)ccc3Cl)CC2)OC[C@@H]1O. The van der Waals surface area contributed by atoms with Gasteiger partial charge in [-0.3, -0.25) is 4.79 Å². The number of rotatable bonds is 1. The molecule has 1 aromatic carbocycles. The van der Waals surface area contributed by atoms with Gasteiger partial charge in [-0.1, -0.05) is 11.6 Å². The van der Waals surface area contributed by atoms with Crippen LogP contribution >= 0.6 is 11.6 Å². The predicted molar refractivity (Wildman–Crippen MR) is 86.5 cm³/mol. The number of carbonyl (C=O) groups is 1. The van der Waals surface area contributed by atoms with E-state index in [0.29, 0.717) is 32.4 Å². The number of carbonyl (C=O) groups excluding carboxylic acids is 1. The highest BCUT2D eigenvalue weighted by Crippen LogP contribution is 2.39. The Labute approximate surface area is 145 Å². The molecule has 2 fully saturated rings. The first-order valence-electron chi connectivity index (χ1n) is 8.01. The third kappa shape index (κ3) is 3.28. The maximum atomic E-state index is 13.4. The van der Waals surface area contributed by atoms with Crippen molar-refractivity contribution in [3.63, 3.8) is 0 Å². The maximum Gasteiger partial charge on any atom is 0.255 e. The van der Waals surface area contributed by atoms with Crippen LogP contribution in [0.2, 0.25) is 5.02 Å². The fourth-order valence-corrected chi connectivity index (χ4v) is 3.72. The van der Waals surface area contributed by atoms with Crippen LogP contribution in [0.3, 0.4) is 0 Å². The second-order valence-electron chi connectivity index (χ2n) is 6.96. The molecule has 2 saturated heterocycles. The van der Waals surface area contributed by atoms with Crippen LogP contribution in [0.1, 0.15) is 36.5 Å². The minimum Gasteiger partial charge on any atom is -0.388 e. The lowest BCUT2D eigenvalue weighted by atomic mass is 9.76. The largest absolute Gasteiger partial charge is 0.388 e. The van der Waals surface area contributed by atoms with E-state index in [2.05, 4.69) is 0 Å². The molecule has 2 heterocycles. The zero-order valence-electron chi connectivity index (χ0n) is 13.5. The topological polar surface area (TPSA) is 70.0 Å². The van der Waals surface area contributed by atoms with Crippen molar-refractivity contribution in [3.8, 4) is 0 Å². The molecule has 0 aliphatic carbocycles. The lowest BCUT2D eigenvalue weighted by molar-refractivity contribution is -0.221. The molecule has 132 valence electrons. The molecule has 0 saturated carbocycles. The molecule has 7 heteroatoms. The predicted octanol–water partition coefficient (Wildman–Crippen LogP) is 1.99. The number of likely N-dealkylation sites (tertiary alicyclic amines) is 1. The van der Waals surface area contributed by atoms with Crippen molar-refractivity contribution >= 4 is 17.5 Å². The highest BCUT2D eigenvalue weighted by Gasteiger charge is 2.49. The molecule has 5 nitrogen and oxygen atoms in total. The first-order valence-corrected chi connectivity index (χ1v) is 8.39. The van der Waals surface area contributed by atoms with E-state index in [4.69, 9.17) is 16.3 Å². The van der Waals surface area contributed by atoms with Gasteiger partial charge in [0.05, 0.1) is 28.4 Å². The van der Waals surface area contributed by atoms with Crippen LogP contribution in [0.4, 0.5) is 4.39 Å². The quantitative estimate of drug-likeness (QED) is 0.806. The Morgan fingerprint density at radius 1 is 1.42 bits per heavy atom. The van der Waals surface area contributed by atoms with Crippen LogP contribution in [-0.4, -0.2) is 58.0 Å². The highest BCUT2D eigenvalue weighted by molar-refractivity contribution is 6.33. The molecule has 1 amide bonds. The molecular formula is C17H21ClFNO4. The van der Waals surface area contributed by atoms with E-state index in [-0.39, 0.29) is 23.1 Å². The van der Waals surface area contributed by atoms with E-state index in [0.717, 1.165) is 6.07 Å². The smallest absolute Gasteiger partial charge is 0.255 e. The van der Waals surface area contributed by atoms with Crippen LogP contribution in [0.5, 0.6) is 0 Å². The minimum absolute atomic E-state index is 0.0800. The van der Waals surface area contributed by atoms with Gasteiger partial charge in [0.25, 0.3) is 5.91 Å². The molecule has 0 aromatic heterocycles.